The van der Waals surface area contributed by atoms with Crippen LogP contribution in [0.15, 0.2) is 59.4 Å². The molecule has 6 nitrogen and oxygen atoms in total. The Morgan fingerprint density at radius 2 is 1.62 bits per heavy atom. The summed E-state index contributed by atoms with van der Waals surface area (Å²) in [6.45, 7) is 1.81. The van der Waals surface area contributed by atoms with Gasteiger partial charge in [-0.1, -0.05) is 18.2 Å². The van der Waals surface area contributed by atoms with Gasteiger partial charge in [0.1, 0.15) is 5.69 Å². The second-order valence-electron chi connectivity index (χ2n) is 6.33. The average molecular weight is 350 g/mol. The van der Waals surface area contributed by atoms with E-state index in [9.17, 15) is 9.59 Å². The van der Waals surface area contributed by atoms with Gasteiger partial charge in [0.25, 0.3) is 11.5 Å². The van der Waals surface area contributed by atoms with Crippen LogP contribution < -0.4 is 15.8 Å². The Morgan fingerprint density at radius 3 is 2.19 bits per heavy atom. The summed E-state index contributed by atoms with van der Waals surface area (Å²) < 4.78 is 3.28. The summed E-state index contributed by atoms with van der Waals surface area (Å²) in [5, 5.41) is 2.77. The molecule has 0 radical (unpaired) electrons. The zero-order chi connectivity index (χ0) is 18.8. The molecule has 2 aromatic carbocycles. The largest absolute Gasteiger partial charge is 0.378 e. The monoisotopic (exact) mass is 350 g/mol. The van der Waals surface area contributed by atoms with Gasteiger partial charge in [-0.05, 0) is 43.3 Å². The zero-order valence-corrected chi connectivity index (χ0v) is 15.4. The lowest BCUT2D eigenvalue weighted by atomic mass is 10.2. The lowest BCUT2D eigenvalue weighted by Crippen LogP contribution is -2.23. The Balaban J connectivity index is 1.93. The zero-order valence-electron chi connectivity index (χ0n) is 15.4. The van der Waals surface area contributed by atoms with Gasteiger partial charge in [0.05, 0.1) is 11.4 Å². The highest BCUT2D eigenvalue weighted by Crippen LogP contribution is 2.16. The first kappa shape index (κ1) is 17.5. The molecule has 6 heteroatoms. The van der Waals surface area contributed by atoms with Gasteiger partial charge in [-0.15, -0.1) is 0 Å². The molecule has 0 saturated carbocycles. The first-order valence-corrected chi connectivity index (χ1v) is 8.33. The van der Waals surface area contributed by atoms with Gasteiger partial charge in [-0.2, -0.15) is 0 Å². The van der Waals surface area contributed by atoms with Crippen LogP contribution in [0.3, 0.4) is 0 Å². The minimum Gasteiger partial charge on any atom is -0.378 e. The maximum absolute atomic E-state index is 12.8. The van der Waals surface area contributed by atoms with Gasteiger partial charge in [-0.3, -0.25) is 14.3 Å². The van der Waals surface area contributed by atoms with Gasteiger partial charge < -0.3 is 10.2 Å². The molecule has 0 aliphatic rings. The van der Waals surface area contributed by atoms with Crippen LogP contribution in [0, 0.1) is 6.92 Å². The number of hydrogen-bond donors (Lipinski definition) is 1. The number of hydrogen-bond acceptors (Lipinski definition) is 3. The van der Waals surface area contributed by atoms with Crippen molar-refractivity contribution in [2.24, 2.45) is 7.05 Å². The first-order valence-electron chi connectivity index (χ1n) is 8.33. The quantitative estimate of drug-likeness (QED) is 0.787. The topological polar surface area (TPSA) is 59.3 Å². The van der Waals surface area contributed by atoms with Crippen LogP contribution in [0.4, 0.5) is 11.4 Å². The molecule has 1 heterocycles. The summed E-state index contributed by atoms with van der Waals surface area (Å²) in [5.74, 6) is -0.304. The Labute approximate surface area is 152 Å². The van der Waals surface area contributed by atoms with Gasteiger partial charge in [0, 0.05) is 32.4 Å². The number of carbonyl (C=O) groups is 1. The normalized spacial score (nSPS) is 10.6. The van der Waals surface area contributed by atoms with Crippen LogP contribution in [-0.2, 0) is 7.05 Å². The highest BCUT2D eigenvalue weighted by atomic mass is 16.2. The van der Waals surface area contributed by atoms with Crippen molar-refractivity contribution in [3.8, 4) is 5.69 Å². The van der Waals surface area contributed by atoms with E-state index in [4.69, 9.17) is 0 Å². The van der Waals surface area contributed by atoms with Gasteiger partial charge in [0.2, 0.25) is 0 Å². The Bertz CT molecular complexity index is 983. The molecule has 0 spiro atoms. The maximum atomic E-state index is 12.8. The lowest BCUT2D eigenvalue weighted by Gasteiger charge is -2.12. The second-order valence-corrected chi connectivity index (χ2v) is 6.33. The van der Waals surface area contributed by atoms with Crippen LogP contribution in [-0.4, -0.2) is 29.4 Å². The molecule has 0 atom stereocenters. The van der Waals surface area contributed by atoms with E-state index in [1.165, 1.54) is 0 Å². The Morgan fingerprint density at radius 1 is 1.00 bits per heavy atom. The van der Waals surface area contributed by atoms with Crippen LogP contribution in [0.25, 0.3) is 5.69 Å². The number of para-hydroxylation sites is 1. The molecule has 3 rings (SSSR count). The third-order valence-electron chi connectivity index (χ3n) is 4.44. The molecule has 0 bridgehead atoms. The molecular weight excluding hydrogens is 328 g/mol. The van der Waals surface area contributed by atoms with Crippen LogP contribution >= 0.6 is 0 Å². The highest BCUT2D eigenvalue weighted by molar-refractivity contribution is 6.04. The van der Waals surface area contributed by atoms with Crippen molar-refractivity contribution in [3.63, 3.8) is 0 Å². The number of benzene rings is 2. The molecule has 3 aromatic rings. The van der Waals surface area contributed by atoms with Crippen molar-refractivity contribution in [1.82, 2.24) is 9.36 Å². The molecule has 0 aliphatic carbocycles. The number of aromatic nitrogens is 2. The Hall–Kier alpha value is -3.28. The molecule has 0 fully saturated rings. The van der Waals surface area contributed by atoms with E-state index in [0.29, 0.717) is 11.3 Å². The van der Waals surface area contributed by atoms with Crippen molar-refractivity contribution in [2.45, 2.75) is 6.92 Å². The van der Waals surface area contributed by atoms with E-state index in [1.54, 1.807) is 28.5 Å². The first-order chi connectivity index (χ1) is 12.4. The van der Waals surface area contributed by atoms with Crippen molar-refractivity contribution >= 4 is 17.3 Å². The highest BCUT2D eigenvalue weighted by Gasteiger charge is 2.18. The van der Waals surface area contributed by atoms with Gasteiger partial charge in [0.15, 0.2) is 0 Å². The summed E-state index contributed by atoms with van der Waals surface area (Å²) in [4.78, 5) is 27.4. The van der Waals surface area contributed by atoms with Crippen LogP contribution in [0.2, 0.25) is 0 Å². The van der Waals surface area contributed by atoms with Crippen LogP contribution in [0.1, 0.15) is 16.1 Å². The molecule has 26 heavy (non-hydrogen) atoms. The third kappa shape index (κ3) is 3.13. The number of rotatable bonds is 4. The van der Waals surface area contributed by atoms with Gasteiger partial charge >= 0.3 is 0 Å². The average Bonchev–Trinajstić information content (AvgIpc) is 2.86. The number of amides is 1. The summed E-state index contributed by atoms with van der Waals surface area (Å²) in [6.07, 6.45) is 0. The smallest absolute Gasteiger partial charge is 0.295 e. The lowest BCUT2D eigenvalue weighted by molar-refractivity contribution is 0.102. The summed E-state index contributed by atoms with van der Waals surface area (Å²) in [5.41, 5.74) is 2.98. The van der Waals surface area contributed by atoms with Crippen molar-refractivity contribution < 1.29 is 4.79 Å². The third-order valence-corrected chi connectivity index (χ3v) is 4.44. The molecule has 0 saturated heterocycles. The predicted molar refractivity (Wildman–Crippen MR) is 104 cm³/mol. The minimum absolute atomic E-state index is 0.255. The second kappa shape index (κ2) is 6.92. The number of nitrogens with one attached hydrogen (secondary N) is 1. The van der Waals surface area contributed by atoms with Crippen LogP contribution in [0.5, 0.6) is 0 Å². The van der Waals surface area contributed by atoms with E-state index in [2.05, 4.69) is 5.32 Å². The number of carbonyl (C=O) groups excluding carboxylic acids is 1. The number of anilines is 2. The SMILES string of the molecule is Cc1c(NC(=O)c2ccc(N(C)C)cc2)c(=O)n(-c2ccccc2)n1C. The van der Waals surface area contributed by atoms with E-state index < -0.39 is 0 Å². The molecule has 1 amide bonds. The molecule has 134 valence electrons. The summed E-state index contributed by atoms with van der Waals surface area (Å²) in [7, 11) is 5.67. The van der Waals surface area contributed by atoms with Crippen molar-refractivity contribution in [2.75, 3.05) is 24.3 Å². The number of nitrogens with zero attached hydrogens (tertiary/aromatic N) is 3. The summed E-state index contributed by atoms with van der Waals surface area (Å²) >= 11 is 0. The van der Waals surface area contributed by atoms with E-state index in [1.807, 2.05) is 68.4 Å². The fourth-order valence-electron chi connectivity index (χ4n) is 2.81. The fourth-order valence-corrected chi connectivity index (χ4v) is 2.81. The molecule has 1 aromatic heterocycles. The fraction of sp³-hybridized carbons (Fsp3) is 0.200. The standard InChI is InChI=1S/C20H22N4O2/c1-14-18(20(26)24(23(14)4)17-8-6-5-7-9-17)21-19(25)15-10-12-16(13-11-15)22(2)3/h5-13H,1-4H3,(H,21,25). The molecular formula is C20H22N4O2. The Kier molecular flexibility index (Phi) is 4.67. The van der Waals surface area contributed by atoms with Crippen molar-refractivity contribution in [1.29, 1.82) is 0 Å². The minimum atomic E-state index is -0.304. The van der Waals surface area contributed by atoms with Gasteiger partial charge in [-0.25, -0.2) is 4.68 Å². The maximum Gasteiger partial charge on any atom is 0.295 e. The van der Waals surface area contributed by atoms with E-state index >= 15 is 0 Å². The summed E-state index contributed by atoms with van der Waals surface area (Å²) in [6, 6.07) is 16.6. The van der Waals surface area contributed by atoms with Crippen molar-refractivity contribution in [3.05, 3.63) is 76.2 Å². The van der Waals surface area contributed by atoms with E-state index in [0.717, 1.165) is 11.4 Å². The molecule has 1 N–H and O–H groups in total. The molecule has 0 unspecified atom stereocenters. The predicted octanol–water partition coefficient (Wildman–Crippen LogP) is 2.80. The van der Waals surface area contributed by atoms with E-state index in [-0.39, 0.29) is 17.2 Å². The molecule has 0 aliphatic heterocycles.